The van der Waals surface area contributed by atoms with Gasteiger partial charge in [-0.2, -0.15) is 0 Å². The number of ether oxygens (including phenoxy) is 1. The molecule has 5 heteroatoms. The van der Waals surface area contributed by atoms with Gasteiger partial charge >= 0.3 is 0 Å². The number of carbonyl (C=O) groups is 1. The van der Waals surface area contributed by atoms with Gasteiger partial charge in [-0.1, -0.05) is 0 Å². The Morgan fingerprint density at radius 3 is 2.85 bits per heavy atom. The number of likely N-dealkylation sites (tertiary alicyclic amines) is 1. The molecule has 1 amide bonds. The number of likely N-dealkylation sites (N-methyl/N-ethyl adjacent to an activating group) is 2. The average molecular weight is 278 g/mol. The molecule has 1 N–H and O–H groups in total. The normalized spacial score (nSPS) is 19.6. The fraction of sp³-hybridized carbons (Fsp3) is 0.533. The van der Waals surface area contributed by atoms with Gasteiger partial charge in [-0.25, -0.2) is 0 Å². The highest BCUT2D eigenvalue weighted by molar-refractivity contribution is 5.97. The first-order valence-corrected chi connectivity index (χ1v) is 6.85. The number of hydrogen-bond acceptors (Lipinski definition) is 4. The van der Waals surface area contributed by atoms with E-state index in [0.29, 0.717) is 11.3 Å². The molecule has 1 atom stereocenters. The molecule has 1 fully saturated rings. The largest absolute Gasteiger partial charge is 0.507 e. The summed E-state index contributed by atoms with van der Waals surface area (Å²) in [5.74, 6) is 0.356. The van der Waals surface area contributed by atoms with E-state index in [4.69, 9.17) is 4.74 Å². The number of amides is 1. The summed E-state index contributed by atoms with van der Waals surface area (Å²) >= 11 is 0. The molecule has 0 radical (unpaired) electrons. The first-order valence-electron chi connectivity index (χ1n) is 6.85. The molecule has 5 nitrogen and oxygen atoms in total. The van der Waals surface area contributed by atoms with Crippen molar-refractivity contribution in [3.05, 3.63) is 23.8 Å². The first-order chi connectivity index (χ1) is 9.52. The standard InChI is InChI=1S/C15H22N2O3/c1-16-8-4-5-11(10-16)17(2)15(19)13-7-6-12(20-3)9-14(13)18/h6-7,9,11,18H,4-5,8,10H2,1-3H3. The molecule has 1 unspecified atom stereocenters. The van der Waals surface area contributed by atoms with Crippen LogP contribution in [0.1, 0.15) is 23.2 Å². The van der Waals surface area contributed by atoms with Gasteiger partial charge in [0.2, 0.25) is 0 Å². The zero-order chi connectivity index (χ0) is 14.7. The number of rotatable bonds is 3. The molecule has 2 rings (SSSR count). The fourth-order valence-electron chi connectivity index (χ4n) is 2.63. The lowest BCUT2D eigenvalue weighted by molar-refractivity contribution is 0.0641. The monoisotopic (exact) mass is 278 g/mol. The summed E-state index contributed by atoms with van der Waals surface area (Å²) < 4.78 is 5.03. The Kier molecular flexibility index (Phi) is 4.49. The third-order valence-electron chi connectivity index (χ3n) is 3.90. The van der Waals surface area contributed by atoms with E-state index < -0.39 is 0 Å². The summed E-state index contributed by atoms with van der Waals surface area (Å²) in [6.45, 7) is 1.95. The topological polar surface area (TPSA) is 53.0 Å². The van der Waals surface area contributed by atoms with Crippen molar-refractivity contribution in [1.82, 2.24) is 9.80 Å². The van der Waals surface area contributed by atoms with Crippen molar-refractivity contribution in [2.45, 2.75) is 18.9 Å². The van der Waals surface area contributed by atoms with Gasteiger partial charge in [0, 0.05) is 25.7 Å². The minimum atomic E-state index is -0.148. The van der Waals surface area contributed by atoms with Crippen LogP contribution in [0.4, 0.5) is 0 Å². The van der Waals surface area contributed by atoms with Gasteiger partial charge in [0.15, 0.2) is 0 Å². The van der Waals surface area contributed by atoms with Crippen molar-refractivity contribution in [3.63, 3.8) is 0 Å². The van der Waals surface area contributed by atoms with Crippen LogP contribution in [-0.4, -0.2) is 61.2 Å². The molecule has 0 spiro atoms. The lowest BCUT2D eigenvalue weighted by Crippen LogP contribution is -2.47. The average Bonchev–Trinajstić information content (AvgIpc) is 2.45. The Labute approximate surface area is 119 Å². The summed E-state index contributed by atoms with van der Waals surface area (Å²) in [5, 5.41) is 9.95. The summed E-state index contributed by atoms with van der Waals surface area (Å²) in [7, 11) is 5.39. The van der Waals surface area contributed by atoms with Crippen LogP contribution in [-0.2, 0) is 0 Å². The van der Waals surface area contributed by atoms with E-state index >= 15 is 0 Å². The molecule has 0 aromatic heterocycles. The van der Waals surface area contributed by atoms with Crippen LogP contribution in [0.25, 0.3) is 0 Å². The first kappa shape index (κ1) is 14.7. The van der Waals surface area contributed by atoms with Crippen LogP contribution in [0.15, 0.2) is 18.2 Å². The van der Waals surface area contributed by atoms with Crippen molar-refractivity contribution >= 4 is 5.91 Å². The Balaban J connectivity index is 2.13. The second-order valence-electron chi connectivity index (χ2n) is 5.36. The number of hydrogen-bond donors (Lipinski definition) is 1. The van der Waals surface area contributed by atoms with Gasteiger partial charge in [-0.15, -0.1) is 0 Å². The van der Waals surface area contributed by atoms with Crippen LogP contribution in [0.5, 0.6) is 11.5 Å². The lowest BCUT2D eigenvalue weighted by atomic mass is 10.0. The SMILES string of the molecule is COc1ccc(C(=O)N(C)C2CCCN(C)C2)c(O)c1. The second kappa shape index (κ2) is 6.13. The van der Waals surface area contributed by atoms with E-state index in [1.807, 2.05) is 0 Å². The van der Waals surface area contributed by atoms with Gasteiger partial charge < -0.3 is 19.6 Å². The highest BCUT2D eigenvalue weighted by atomic mass is 16.5. The van der Waals surface area contributed by atoms with Crippen molar-refractivity contribution in [2.75, 3.05) is 34.3 Å². The molecule has 0 bridgehead atoms. The minimum absolute atomic E-state index is 0.0367. The number of aromatic hydroxyl groups is 1. The number of phenols is 1. The predicted octanol–water partition coefficient (Wildman–Crippen LogP) is 1.57. The molecule has 1 saturated heterocycles. The van der Waals surface area contributed by atoms with E-state index in [0.717, 1.165) is 25.9 Å². The van der Waals surface area contributed by atoms with Crippen LogP contribution in [0, 0.1) is 0 Å². The van der Waals surface area contributed by atoms with E-state index in [2.05, 4.69) is 11.9 Å². The molecule has 1 aliphatic rings. The van der Waals surface area contributed by atoms with E-state index in [-0.39, 0.29) is 17.7 Å². The number of piperidine rings is 1. The zero-order valence-corrected chi connectivity index (χ0v) is 12.3. The predicted molar refractivity (Wildman–Crippen MR) is 77.3 cm³/mol. The molecular weight excluding hydrogens is 256 g/mol. The summed E-state index contributed by atoms with van der Waals surface area (Å²) in [6, 6.07) is 4.96. The maximum atomic E-state index is 12.5. The number of phenolic OH excluding ortho intramolecular Hbond substituents is 1. The van der Waals surface area contributed by atoms with Crippen molar-refractivity contribution in [3.8, 4) is 11.5 Å². The van der Waals surface area contributed by atoms with Gasteiger partial charge in [0.05, 0.1) is 12.7 Å². The third kappa shape index (κ3) is 3.04. The zero-order valence-electron chi connectivity index (χ0n) is 12.3. The van der Waals surface area contributed by atoms with Gasteiger partial charge in [-0.05, 0) is 38.6 Å². The fourth-order valence-corrected chi connectivity index (χ4v) is 2.63. The summed E-state index contributed by atoms with van der Waals surface area (Å²) in [5.41, 5.74) is 0.321. The second-order valence-corrected chi connectivity index (χ2v) is 5.36. The molecule has 20 heavy (non-hydrogen) atoms. The number of nitrogens with zero attached hydrogens (tertiary/aromatic N) is 2. The molecule has 0 saturated carbocycles. The minimum Gasteiger partial charge on any atom is -0.507 e. The number of carbonyl (C=O) groups excluding carboxylic acids is 1. The van der Waals surface area contributed by atoms with Crippen LogP contribution in [0.3, 0.4) is 0 Å². The highest BCUT2D eigenvalue weighted by Crippen LogP contribution is 2.25. The number of benzene rings is 1. The van der Waals surface area contributed by atoms with E-state index in [9.17, 15) is 9.90 Å². The van der Waals surface area contributed by atoms with Crippen LogP contribution in [0.2, 0.25) is 0 Å². The summed E-state index contributed by atoms with van der Waals surface area (Å²) in [6.07, 6.45) is 2.09. The van der Waals surface area contributed by atoms with Crippen molar-refractivity contribution < 1.29 is 14.6 Å². The van der Waals surface area contributed by atoms with Gasteiger partial charge in [0.25, 0.3) is 5.91 Å². The van der Waals surface area contributed by atoms with E-state index in [1.54, 1.807) is 24.1 Å². The quantitative estimate of drug-likeness (QED) is 0.912. The van der Waals surface area contributed by atoms with Gasteiger partial charge in [-0.3, -0.25) is 4.79 Å². The molecule has 1 aliphatic heterocycles. The van der Waals surface area contributed by atoms with E-state index in [1.165, 1.54) is 13.2 Å². The van der Waals surface area contributed by atoms with Crippen molar-refractivity contribution in [2.24, 2.45) is 0 Å². The molecular formula is C15H22N2O3. The lowest BCUT2D eigenvalue weighted by Gasteiger charge is -2.36. The number of methoxy groups -OCH3 is 1. The smallest absolute Gasteiger partial charge is 0.257 e. The Morgan fingerprint density at radius 2 is 2.25 bits per heavy atom. The maximum absolute atomic E-state index is 12.5. The molecule has 1 aromatic rings. The molecule has 110 valence electrons. The van der Waals surface area contributed by atoms with Gasteiger partial charge in [0.1, 0.15) is 11.5 Å². The Hall–Kier alpha value is -1.75. The third-order valence-corrected chi connectivity index (χ3v) is 3.90. The van der Waals surface area contributed by atoms with Crippen LogP contribution >= 0.6 is 0 Å². The Bertz CT molecular complexity index is 490. The molecule has 1 aromatic carbocycles. The summed E-state index contributed by atoms with van der Waals surface area (Å²) in [4.78, 5) is 16.4. The Morgan fingerprint density at radius 1 is 1.50 bits per heavy atom. The van der Waals surface area contributed by atoms with Crippen molar-refractivity contribution in [1.29, 1.82) is 0 Å². The molecule has 1 heterocycles. The maximum Gasteiger partial charge on any atom is 0.257 e. The molecule has 0 aliphatic carbocycles. The van der Waals surface area contributed by atoms with Crippen LogP contribution < -0.4 is 4.74 Å². The highest BCUT2D eigenvalue weighted by Gasteiger charge is 2.26.